The number of hydrogen-bond acceptors (Lipinski definition) is 1. The summed E-state index contributed by atoms with van der Waals surface area (Å²) in [5, 5.41) is 9.11. The molecule has 0 aliphatic heterocycles. The van der Waals surface area contributed by atoms with Crippen molar-refractivity contribution in [3.63, 3.8) is 0 Å². The molecule has 0 atom stereocenters. The van der Waals surface area contributed by atoms with Crippen molar-refractivity contribution >= 4 is 5.97 Å². The molecular formula is C22H26O2. The monoisotopic (exact) mass is 322 g/mol. The Bertz CT molecular complexity index is 662. The summed E-state index contributed by atoms with van der Waals surface area (Å²) in [6.07, 6.45) is 5.90. The molecule has 1 fully saturated rings. The maximum Gasteiger partial charge on any atom is 0.306 e. The number of rotatable bonds is 5. The molecular weight excluding hydrogens is 296 g/mol. The van der Waals surface area contributed by atoms with Crippen molar-refractivity contribution in [2.75, 3.05) is 0 Å². The third kappa shape index (κ3) is 3.87. The van der Waals surface area contributed by atoms with E-state index in [9.17, 15) is 4.79 Å². The molecule has 24 heavy (non-hydrogen) atoms. The van der Waals surface area contributed by atoms with E-state index in [1.54, 1.807) is 0 Å². The Morgan fingerprint density at radius 2 is 1.46 bits per heavy atom. The molecule has 0 radical (unpaired) electrons. The SMILES string of the molecule is CCCc1ccc(-c2ccc(C3CCC(C(=O)O)CC3)cc2)cc1. The van der Waals surface area contributed by atoms with Crippen LogP contribution in [0, 0.1) is 5.92 Å². The standard InChI is InChI=1S/C22H26O2/c1-2-3-16-4-6-17(7-5-16)18-8-10-19(11-9-18)20-12-14-21(15-13-20)22(23)24/h4-11,20-21H,2-3,12-15H2,1H3,(H,23,24). The average molecular weight is 322 g/mol. The highest BCUT2D eigenvalue weighted by molar-refractivity contribution is 5.70. The van der Waals surface area contributed by atoms with E-state index in [4.69, 9.17) is 5.11 Å². The Balaban J connectivity index is 1.66. The number of aryl methyl sites for hydroxylation is 1. The normalized spacial score (nSPS) is 20.7. The van der Waals surface area contributed by atoms with Crippen molar-refractivity contribution in [3.05, 3.63) is 59.7 Å². The van der Waals surface area contributed by atoms with Crippen molar-refractivity contribution < 1.29 is 9.90 Å². The van der Waals surface area contributed by atoms with Gasteiger partial charge in [0.15, 0.2) is 0 Å². The number of carbonyl (C=O) groups is 1. The lowest BCUT2D eigenvalue weighted by atomic mass is 9.78. The van der Waals surface area contributed by atoms with Gasteiger partial charge in [-0.1, -0.05) is 61.9 Å². The molecule has 0 aromatic heterocycles. The number of carboxylic acid groups (broad SMARTS) is 1. The maximum atomic E-state index is 11.1. The minimum atomic E-state index is -0.629. The molecule has 0 unspecified atom stereocenters. The van der Waals surface area contributed by atoms with Gasteiger partial charge in [-0.15, -0.1) is 0 Å². The van der Waals surface area contributed by atoms with Gasteiger partial charge < -0.3 is 5.11 Å². The second-order valence-electron chi connectivity index (χ2n) is 6.96. The van der Waals surface area contributed by atoms with Gasteiger partial charge in [-0.2, -0.15) is 0 Å². The van der Waals surface area contributed by atoms with Gasteiger partial charge in [0, 0.05) is 0 Å². The minimum absolute atomic E-state index is 0.137. The lowest BCUT2D eigenvalue weighted by molar-refractivity contribution is -0.142. The van der Waals surface area contributed by atoms with Crippen LogP contribution in [0.15, 0.2) is 48.5 Å². The summed E-state index contributed by atoms with van der Waals surface area (Å²) in [6.45, 7) is 2.20. The van der Waals surface area contributed by atoms with Gasteiger partial charge in [0.2, 0.25) is 0 Å². The first-order valence-electron chi connectivity index (χ1n) is 9.09. The molecule has 2 nitrogen and oxygen atoms in total. The summed E-state index contributed by atoms with van der Waals surface area (Å²) in [4.78, 5) is 11.1. The molecule has 126 valence electrons. The molecule has 0 heterocycles. The first-order valence-corrected chi connectivity index (χ1v) is 9.09. The van der Waals surface area contributed by atoms with Crippen LogP contribution < -0.4 is 0 Å². The predicted molar refractivity (Wildman–Crippen MR) is 98.2 cm³/mol. The highest BCUT2D eigenvalue weighted by atomic mass is 16.4. The Morgan fingerprint density at radius 3 is 1.96 bits per heavy atom. The Hall–Kier alpha value is -2.09. The molecule has 1 N–H and O–H groups in total. The Morgan fingerprint density at radius 1 is 0.917 bits per heavy atom. The summed E-state index contributed by atoms with van der Waals surface area (Å²) in [5.41, 5.74) is 5.26. The van der Waals surface area contributed by atoms with E-state index >= 15 is 0 Å². The number of hydrogen-bond donors (Lipinski definition) is 1. The third-order valence-electron chi connectivity index (χ3n) is 5.28. The van der Waals surface area contributed by atoms with Crippen LogP contribution in [0.3, 0.4) is 0 Å². The largest absolute Gasteiger partial charge is 0.481 e. The lowest BCUT2D eigenvalue weighted by Crippen LogP contribution is -2.20. The fourth-order valence-electron chi connectivity index (χ4n) is 3.77. The smallest absolute Gasteiger partial charge is 0.306 e. The van der Waals surface area contributed by atoms with Gasteiger partial charge in [0.1, 0.15) is 0 Å². The van der Waals surface area contributed by atoms with Crippen molar-refractivity contribution in [2.24, 2.45) is 5.92 Å². The zero-order valence-electron chi connectivity index (χ0n) is 14.4. The maximum absolute atomic E-state index is 11.1. The third-order valence-corrected chi connectivity index (χ3v) is 5.28. The first-order chi connectivity index (χ1) is 11.7. The van der Waals surface area contributed by atoms with Crippen LogP contribution in [-0.2, 0) is 11.2 Å². The van der Waals surface area contributed by atoms with Crippen LogP contribution in [0.1, 0.15) is 56.1 Å². The summed E-state index contributed by atoms with van der Waals surface area (Å²) in [5.74, 6) is -0.251. The first kappa shape index (κ1) is 16.8. The molecule has 2 heteroatoms. The van der Waals surface area contributed by atoms with E-state index in [2.05, 4.69) is 55.5 Å². The van der Waals surface area contributed by atoms with Gasteiger partial charge >= 0.3 is 5.97 Å². The van der Waals surface area contributed by atoms with Crippen LogP contribution in [0.5, 0.6) is 0 Å². The van der Waals surface area contributed by atoms with Gasteiger partial charge in [0.25, 0.3) is 0 Å². The molecule has 0 spiro atoms. The summed E-state index contributed by atoms with van der Waals surface area (Å²) in [7, 11) is 0. The van der Waals surface area contributed by atoms with Crippen molar-refractivity contribution in [1.29, 1.82) is 0 Å². The zero-order chi connectivity index (χ0) is 16.9. The Labute approximate surface area is 144 Å². The minimum Gasteiger partial charge on any atom is -0.481 e. The van der Waals surface area contributed by atoms with E-state index in [0.717, 1.165) is 32.1 Å². The van der Waals surface area contributed by atoms with E-state index in [0.29, 0.717) is 5.92 Å². The van der Waals surface area contributed by atoms with Crippen LogP contribution in [0.25, 0.3) is 11.1 Å². The molecule has 1 aliphatic carbocycles. The Kier molecular flexibility index (Phi) is 5.34. The molecule has 2 aromatic rings. The quantitative estimate of drug-likeness (QED) is 0.770. The molecule has 0 bridgehead atoms. The van der Waals surface area contributed by atoms with Gasteiger partial charge in [0.05, 0.1) is 5.92 Å². The zero-order valence-corrected chi connectivity index (χ0v) is 14.4. The van der Waals surface area contributed by atoms with Crippen LogP contribution in [0.4, 0.5) is 0 Å². The van der Waals surface area contributed by atoms with E-state index in [1.807, 2.05) is 0 Å². The van der Waals surface area contributed by atoms with Crippen molar-refractivity contribution in [3.8, 4) is 11.1 Å². The highest BCUT2D eigenvalue weighted by Crippen LogP contribution is 2.36. The molecule has 1 saturated carbocycles. The lowest BCUT2D eigenvalue weighted by Gasteiger charge is -2.26. The van der Waals surface area contributed by atoms with Gasteiger partial charge in [-0.05, 0) is 60.3 Å². The van der Waals surface area contributed by atoms with Crippen LogP contribution in [0.2, 0.25) is 0 Å². The van der Waals surface area contributed by atoms with E-state index in [-0.39, 0.29) is 5.92 Å². The van der Waals surface area contributed by atoms with Gasteiger partial charge in [-0.3, -0.25) is 4.79 Å². The average Bonchev–Trinajstić information content (AvgIpc) is 2.63. The molecule has 1 aliphatic rings. The summed E-state index contributed by atoms with van der Waals surface area (Å²) < 4.78 is 0. The predicted octanol–water partition coefficient (Wildman–Crippen LogP) is 5.66. The molecule has 0 saturated heterocycles. The second-order valence-corrected chi connectivity index (χ2v) is 6.96. The number of carboxylic acids is 1. The summed E-state index contributed by atoms with van der Waals surface area (Å²) in [6, 6.07) is 17.7. The van der Waals surface area contributed by atoms with E-state index in [1.165, 1.54) is 28.7 Å². The van der Waals surface area contributed by atoms with Gasteiger partial charge in [-0.25, -0.2) is 0 Å². The fourth-order valence-corrected chi connectivity index (χ4v) is 3.77. The second kappa shape index (κ2) is 7.65. The summed E-state index contributed by atoms with van der Waals surface area (Å²) >= 11 is 0. The molecule has 2 aromatic carbocycles. The van der Waals surface area contributed by atoms with Crippen LogP contribution >= 0.6 is 0 Å². The molecule has 0 amide bonds. The van der Waals surface area contributed by atoms with Crippen LogP contribution in [-0.4, -0.2) is 11.1 Å². The fraction of sp³-hybridized carbons (Fsp3) is 0.409. The van der Waals surface area contributed by atoms with Crippen molar-refractivity contribution in [2.45, 2.75) is 51.4 Å². The number of aliphatic carboxylic acids is 1. The number of benzene rings is 2. The topological polar surface area (TPSA) is 37.3 Å². The highest BCUT2D eigenvalue weighted by Gasteiger charge is 2.26. The molecule has 3 rings (SSSR count). The van der Waals surface area contributed by atoms with Crippen molar-refractivity contribution in [1.82, 2.24) is 0 Å². The van der Waals surface area contributed by atoms with E-state index < -0.39 is 5.97 Å².